The van der Waals surface area contributed by atoms with Gasteiger partial charge in [0.2, 0.25) is 0 Å². The summed E-state index contributed by atoms with van der Waals surface area (Å²) in [6, 6.07) is 15.4. The van der Waals surface area contributed by atoms with Crippen LogP contribution in [0.1, 0.15) is 73.6 Å². The number of nitrogens with two attached hydrogens (primary N) is 1. The molecule has 0 atom stereocenters. The van der Waals surface area contributed by atoms with Gasteiger partial charge in [-0.1, -0.05) is 48.5 Å². The standard InChI is InChI=1S/C30H33N3O5/c1-29(2,3)37-27(34)24-22-15-13-20-17-32-21(14-12-19-10-8-7-9-11-19)16-23(20)25(22)33(18-36-31)26(24)28(35)38-30(4,5)6/h7-17H,18,31H2,1-6H3/b14-12+. The topological polar surface area (TPSA) is 106 Å². The molecule has 0 fully saturated rings. The van der Waals surface area contributed by atoms with Gasteiger partial charge in [0.15, 0.2) is 0 Å². The van der Waals surface area contributed by atoms with E-state index < -0.39 is 23.1 Å². The summed E-state index contributed by atoms with van der Waals surface area (Å²) in [6.07, 6.45) is 5.62. The first-order valence-corrected chi connectivity index (χ1v) is 12.3. The third-order valence-electron chi connectivity index (χ3n) is 5.59. The van der Waals surface area contributed by atoms with Crippen LogP contribution in [-0.4, -0.2) is 32.7 Å². The van der Waals surface area contributed by atoms with Crippen LogP contribution in [0.2, 0.25) is 0 Å². The van der Waals surface area contributed by atoms with Crippen LogP contribution in [-0.2, 0) is 21.0 Å². The van der Waals surface area contributed by atoms with Crippen LogP contribution in [0.4, 0.5) is 0 Å². The molecular formula is C30H33N3O5. The lowest BCUT2D eigenvalue weighted by Gasteiger charge is -2.22. The molecular weight excluding hydrogens is 482 g/mol. The molecule has 0 saturated heterocycles. The predicted molar refractivity (Wildman–Crippen MR) is 148 cm³/mol. The Morgan fingerprint density at radius 3 is 2.18 bits per heavy atom. The normalized spacial score (nSPS) is 12.4. The van der Waals surface area contributed by atoms with Gasteiger partial charge in [-0.25, -0.2) is 15.5 Å². The van der Waals surface area contributed by atoms with Crippen LogP contribution >= 0.6 is 0 Å². The lowest BCUT2D eigenvalue weighted by atomic mass is 10.0. The van der Waals surface area contributed by atoms with E-state index in [0.29, 0.717) is 16.6 Å². The average Bonchev–Trinajstić information content (AvgIpc) is 3.16. The first-order chi connectivity index (χ1) is 17.9. The highest BCUT2D eigenvalue weighted by atomic mass is 16.6. The van der Waals surface area contributed by atoms with Crippen molar-refractivity contribution < 1.29 is 23.9 Å². The second-order valence-corrected chi connectivity index (χ2v) is 11.0. The Morgan fingerprint density at radius 1 is 0.895 bits per heavy atom. The smallest absolute Gasteiger partial charge is 0.356 e. The van der Waals surface area contributed by atoms with Crippen LogP contribution in [0.3, 0.4) is 0 Å². The molecule has 0 amide bonds. The molecule has 2 aromatic carbocycles. The Hall–Kier alpha value is -4.01. The van der Waals surface area contributed by atoms with Crippen molar-refractivity contribution in [3.63, 3.8) is 0 Å². The van der Waals surface area contributed by atoms with Gasteiger partial charge >= 0.3 is 11.9 Å². The number of hydrogen-bond donors (Lipinski definition) is 1. The second-order valence-electron chi connectivity index (χ2n) is 11.0. The maximum absolute atomic E-state index is 13.5. The van der Waals surface area contributed by atoms with Crippen LogP contribution in [0.25, 0.3) is 33.8 Å². The molecule has 0 aliphatic rings. The van der Waals surface area contributed by atoms with E-state index in [9.17, 15) is 9.59 Å². The number of hydrogen-bond acceptors (Lipinski definition) is 7. The Balaban J connectivity index is 2.00. The van der Waals surface area contributed by atoms with E-state index in [1.807, 2.05) is 54.6 Å². The first-order valence-electron chi connectivity index (χ1n) is 12.3. The third-order valence-corrected chi connectivity index (χ3v) is 5.59. The molecule has 0 radical (unpaired) electrons. The summed E-state index contributed by atoms with van der Waals surface area (Å²) < 4.78 is 13.0. The number of esters is 2. The monoisotopic (exact) mass is 515 g/mol. The molecule has 0 unspecified atom stereocenters. The maximum atomic E-state index is 13.5. The van der Waals surface area contributed by atoms with E-state index in [2.05, 4.69) is 4.98 Å². The van der Waals surface area contributed by atoms with E-state index in [4.69, 9.17) is 20.2 Å². The van der Waals surface area contributed by atoms with Crippen molar-refractivity contribution in [3.8, 4) is 0 Å². The molecule has 2 heterocycles. The van der Waals surface area contributed by atoms with Gasteiger partial charge < -0.3 is 14.0 Å². The quantitative estimate of drug-likeness (QED) is 0.244. The minimum absolute atomic E-state index is 0.0142. The Kier molecular flexibility index (Phi) is 7.40. The number of benzene rings is 2. The zero-order valence-electron chi connectivity index (χ0n) is 22.6. The number of carbonyl (C=O) groups is 2. The minimum atomic E-state index is -0.797. The fourth-order valence-corrected chi connectivity index (χ4v) is 4.20. The zero-order valence-corrected chi connectivity index (χ0v) is 22.6. The molecule has 0 saturated carbocycles. The molecule has 0 aliphatic carbocycles. The van der Waals surface area contributed by atoms with Crippen LogP contribution in [0.5, 0.6) is 0 Å². The van der Waals surface area contributed by atoms with Crippen LogP contribution in [0.15, 0.2) is 54.7 Å². The molecule has 8 nitrogen and oxygen atoms in total. The summed E-state index contributed by atoms with van der Waals surface area (Å²) in [5.74, 6) is 4.18. The van der Waals surface area contributed by atoms with Gasteiger partial charge in [0, 0.05) is 22.4 Å². The number of nitrogens with zero attached hydrogens (tertiary/aromatic N) is 2. The van der Waals surface area contributed by atoms with Crippen molar-refractivity contribution in [1.82, 2.24) is 9.55 Å². The van der Waals surface area contributed by atoms with E-state index in [0.717, 1.165) is 16.3 Å². The number of fused-ring (bicyclic) bond motifs is 3. The lowest BCUT2D eigenvalue weighted by molar-refractivity contribution is -0.0000972. The molecule has 0 spiro atoms. The summed E-state index contributed by atoms with van der Waals surface area (Å²) >= 11 is 0. The molecule has 4 aromatic rings. The summed E-state index contributed by atoms with van der Waals surface area (Å²) in [7, 11) is 0. The summed E-state index contributed by atoms with van der Waals surface area (Å²) in [5.41, 5.74) is 0.860. The van der Waals surface area contributed by atoms with Gasteiger partial charge in [-0.3, -0.25) is 9.82 Å². The number of ether oxygens (including phenoxy) is 2. The number of carbonyl (C=O) groups excluding carboxylic acids is 2. The molecule has 38 heavy (non-hydrogen) atoms. The highest BCUT2D eigenvalue weighted by molar-refractivity contribution is 6.19. The largest absolute Gasteiger partial charge is 0.456 e. The van der Waals surface area contributed by atoms with Crippen LogP contribution in [0, 0.1) is 0 Å². The zero-order chi connectivity index (χ0) is 27.7. The second kappa shape index (κ2) is 10.4. The van der Waals surface area contributed by atoms with Crippen molar-refractivity contribution in [2.75, 3.05) is 0 Å². The van der Waals surface area contributed by atoms with Crippen LogP contribution < -0.4 is 5.90 Å². The fourth-order valence-electron chi connectivity index (χ4n) is 4.20. The molecule has 4 rings (SSSR count). The Bertz CT molecular complexity index is 1520. The van der Waals surface area contributed by atoms with Gasteiger partial charge in [-0.15, -0.1) is 0 Å². The van der Waals surface area contributed by atoms with E-state index >= 15 is 0 Å². The SMILES string of the molecule is CC(C)(C)OC(=O)c1c(C(=O)OC(C)(C)C)n(CON)c2c1ccc1cnc(/C=C/c3ccccc3)cc12. The van der Waals surface area contributed by atoms with Crippen molar-refractivity contribution in [1.29, 1.82) is 0 Å². The minimum Gasteiger partial charge on any atom is -0.456 e. The highest BCUT2D eigenvalue weighted by Gasteiger charge is 2.33. The van der Waals surface area contributed by atoms with Crippen molar-refractivity contribution in [2.45, 2.75) is 59.5 Å². The number of aromatic nitrogens is 2. The average molecular weight is 516 g/mol. The van der Waals surface area contributed by atoms with E-state index in [1.54, 1.807) is 58.4 Å². The molecule has 2 aromatic heterocycles. The summed E-state index contributed by atoms with van der Waals surface area (Å²) in [4.78, 5) is 36.6. The van der Waals surface area contributed by atoms with Gasteiger partial charge in [-0.2, -0.15) is 0 Å². The van der Waals surface area contributed by atoms with Gasteiger partial charge in [0.05, 0.1) is 11.2 Å². The fraction of sp³-hybridized carbons (Fsp3) is 0.300. The predicted octanol–water partition coefficient (Wildman–Crippen LogP) is 6.12. The van der Waals surface area contributed by atoms with Crippen molar-refractivity contribution >= 4 is 45.8 Å². The molecule has 2 N–H and O–H groups in total. The van der Waals surface area contributed by atoms with E-state index in [-0.39, 0.29) is 18.0 Å². The molecule has 8 heteroatoms. The number of pyridine rings is 1. The first kappa shape index (κ1) is 27.0. The van der Waals surface area contributed by atoms with Crippen molar-refractivity contribution in [2.24, 2.45) is 5.90 Å². The highest BCUT2D eigenvalue weighted by Crippen LogP contribution is 2.35. The molecule has 198 valence electrons. The summed E-state index contributed by atoms with van der Waals surface area (Å²) in [5, 5.41) is 2.10. The van der Waals surface area contributed by atoms with Gasteiger partial charge in [0.1, 0.15) is 29.2 Å². The number of rotatable bonds is 6. The maximum Gasteiger partial charge on any atom is 0.356 e. The van der Waals surface area contributed by atoms with E-state index in [1.165, 1.54) is 0 Å². The lowest BCUT2D eigenvalue weighted by Crippen LogP contribution is -2.29. The molecule has 0 bridgehead atoms. The summed E-state index contributed by atoms with van der Waals surface area (Å²) in [6.45, 7) is 10.4. The molecule has 0 aliphatic heterocycles. The van der Waals surface area contributed by atoms with Gasteiger partial charge in [0.25, 0.3) is 0 Å². The Morgan fingerprint density at radius 2 is 1.55 bits per heavy atom. The van der Waals surface area contributed by atoms with Crippen molar-refractivity contribution in [3.05, 3.63) is 77.2 Å². The Labute approximate surface area is 222 Å². The third kappa shape index (κ3) is 5.93. The van der Waals surface area contributed by atoms with Gasteiger partial charge in [-0.05, 0) is 59.2 Å².